The third kappa shape index (κ3) is 4.06. The predicted molar refractivity (Wildman–Crippen MR) is 136 cm³/mol. The van der Waals surface area contributed by atoms with Crippen molar-refractivity contribution in [1.29, 1.82) is 0 Å². The second-order valence-electron chi connectivity index (χ2n) is 10.8. The van der Waals surface area contributed by atoms with Gasteiger partial charge in [0.25, 0.3) is 5.91 Å². The Morgan fingerprint density at radius 2 is 1.61 bits per heavy atom. The molecule has 0 spiro atoms. The molecule has 0 aliphatic carbocycles. The minimum atomic E-state index is -1.32. The van der Waals surface area contributed by atoms with E-state index in [1.165, 1.54) is 0 Å². The normalized spacial score (nSPS) is 25.6. The van der Waals surface area contributed by atoms with Crippen LogP contribution in [-0.4, -0.2) is 51.1 Å². The van der Waals surface area contributed by atoms with Gasteiger partial charge in [0.05, 0.1) is 12.1 Å². The van der Waals surface area contributed by atoms with Crippen molar-refractivity contribution >= 4 is 18.0 Å². The van der Waals surface area contributed by atoms with E-state index >= 15 is 0 Å². The van der Waals surface area contributed by atoms with Crippen LogP contribution in [0.1, 0.15) is 64.3 Å². The van der Waals surface area contributed by atoms with Crippen LogP contribution in [0.15, 0.2) is 73.3 Å². The molecule has 4 rings (SSSR count). The second kappa shape index (κ2) is 9.12. The summed E-state index contributed by atoms with van der Waals surface area (Å²) in [6.45, 7) is 12.8. The van der Waals surface area contributed by atoms with E-state index in [1.54, 1.807) is 50.5 Å². The maximum Gasteiger partial charge on any atom is 0.411 e. The Bertz CT molecular complexity index is 1160. The van der Waals surface area contributed by atoms with E-state index in [4.69, 9.17) is 9.47 Å². The van der Waals surface area contributed by atoms with Gasteiger partial charge in [-0.2, -0.15) is 0 Å². The second-order valence-corrected chi connectivity index (χ2v) is 10.8. The molecule has 2 aliphatic heterocycles. The molecule has 4 atom stereocenters. The minimum Gasteiger partial charge on any atom is -0.458 e. The van der Waals surface area contributed by atoms with Crippen molar-refractivity contribution in [3.05, 3.63) is 84.4 Å². The summed E-state index contributed by atoms with van der Waals surface area (Å²) in [5.74, 6) is -0.860. The molecule has 0 saturated carbocycles. The van der Waals surface area contributed by atoms with E-state index in [9.17, 15) is 14.4 Å². The lowest BCUT2D eigenvalue weighted by Gasteiger charge is -2.62. The van der Waals surface area contributed by atoms with Crippen molar-refractivity contribution in [3.8, 4) is 0 Å². The minimum absolute atomic E-state index is 0.142. The average molecular weight is 491 g/mol. The highest BCUT2D eigenvalue weighted by Gasteiger charge is 2.70. The van der Waals surface area contributed by atoms with Crippen LogP contribution in [-0.2, 0) is 19.1 Å². The van der Waals surface area contributed by atoms with Gasteiger partial charge in [0, 0.05) is 0 Å². The molecular weight excluding hydrogens is 456 g/mol. The molecule has 7 heteroatoms. The predicted octanol–water partition coefficient (Wildman–Crippen LogP) is 5.20. The number of hydrogen-bond acceptors (Lipinski definition) is 5. The summed E-state index contributed by atoms with van der Waals surface area (Å²) in [6, 6.07) is 17.9. The zero-order valence-electron chi connectivity index (χ0n) is 21.6. The Labute approximate surface area is 212 Å². The fraction of sp³-hybridized carbons (Fsp3) is 0.414. The first kappa shape index (κ1) is 25.5. The number of ether oxygens (including phenoxy) is 2. The van der Waals surface area contributed by atoms with Gasteiger partial charge in [-0.15, -0.1) is 6.58 Å². The maximum absolute atomic E-state index is 14.2. The molecular formula is C29H34N2O5. The number of benzene rings is 2. The molecule has 2 saturated heterocycles. The summed E-state index contributed by atoms with van der Waals surface area (Å²) in [7, 11) is 0. The molecule has 0 bridgehead atoms. The van der Waals surface area contributed by atoms with Crippen molar-refractivity contribution in [2.24, 2.45) is 0 Å². The molecule has 2 amide bonds. The van der Waals surface area contributed by atoms with Crippen LogP contribution >= 0.6 is 0 Å². The monoisotopic (exact) mass is 490 g/mol. The first-order valence-corrected chi connectivity index (χ1v) is 12.2. The van der Waals surface area contributed by atoms with Gasteiger partial charge in [0.2, 0.25) is 0 Å². The van der Waals surface area contributed by atoms with E-state index in [0.29, 0.717) is 0 Å². The highest BCUT2D eigenvalue weighted by atomic mass is 16.6. The highest BCUT2D eigenvalue weighted by molar-refractivity contribution is 6.01. The number of rotatable bonds is 7. The van der Waals surface area contributed by atoms with Crippen molar-refractivity contribution in [2.45, 2.75) is 69.8 Å². The van der Waals surface area contributed by atoms with Crippen LogP contribution < -0.4 is 0 Å². The van der Waals surface area contributed by atoms with Crippen LogP contribution in [0.4, 0.5) is 4.79 Å². The van der Waals surface area contributed by atoms with Crippen LogP contribution in [0.5, 0.6) is 0 Å². The summed E-state index contributed by atoms with van der Waals surface area (Å²) in [5, 5.41) is 0. The summed E-state index contributed by atoms with van der Waals surface area (Å²) < 4.78 is 11.2. The lowest BCUT2D eigenvalue weighted by atomic mass is 9.70. The number of carbonyl (C=O) groups excluding carboxylic acids is 3. The summed E-state index contributed by atoms with van der Waals surface area (Å²) >= 11 is 0. The average Bonchev–Trinajstić information content (AvgIpc) is 3.23. The first-order valence-electron chi connectivity index (χ1n) is 12.2. The number of cyclic esters (lactones) is 1. The molecule has 2 aliphatic rings. The first-order chi connectivity index (χ1) is 16.9. The fourth-order valence-electron chi connectivity index (χ4n) is 5.32. The Balaban J connectivity index is 1.83. The SMILES string of the molecule is C=CC[C@](C)(C(=O)OC(C)(C)C)N1C(=O)[C@](C)(N2C(=O)OC[C@@H]2c2ccccc2)[C@H]1c1ccccc1. The van der Waals surface area contributed by atoms with Crippen LogP contribution in [0.3, 0.4) is 0 Å². The van der Waals surface area contributed by atoms with Gasteiger partial charge in [-0.1, -0.05) is 66.7 Å². The molecule has 0 unspecified atom stereocenters. The maximum atomic E-state index is 14.2. The zero-order chi connectivity index (χ0) is 26.3. The van der Waals surface area contributed by atoms with Gasteiger partial charge in [0.15, 0.2) is 0 Å². The van der Waals surface area contributed by atoms with Gasteiger partial charge >= 0.3 is 12.1 Å². The number of likely N-dealkylation sites (tertiary alicyclic amines) is 1. The molecule has 0 aromatic heterocycles. The number of nitrogens with zero attached hydrogens (tertiary/aromatic N) is 2. The molecule has 7 nitrogen and oxygen atoms in total. The quantitative estimate of drug-likeness (QED) is 0.303. The Morgan fingerprint density at radius 3 is 2.14 bits per heavy atom. The molecule has 2 fully saturated rings. The smallest absolute Gasteiger partial charge is 0.411 e. The third-order valence-electron chi connectivity index (χ3n) is 7.03. The molecule has 2 aromatic carbocycles. The Hall–Kier alpha value is -3.61. The highest BCUT2D eigenvalue weighted by Crippen LogP contribution is 2.55. The number of esters is 1. The third-order valence-corrected chi connectivity index (χ3v) is 7.03. The summed E-state index contributed by atoms with van der Waals surface area (Å²) in [4.78, 5) is 44.0. The van der Waals surface area contributed by atoms with E-state index in [0.717, 1.165) is 11.1 Å². The number of hydrogen-bond donors (Lipinski definition) is 0. The lowest BCUT2D eigenvalue weighted by Crippen LogP contribution is -2.79. The van der Waals surface area contributed by atoms with E-state index in [2.05, 4.69) is 6.58 Å². The van der Waals surface area contributed by atoms with Gasteiger partial charge in [-0.05, 0) is 52.2 Å². The number of carbonyl (C=O) groups is 3. The topological polar surface area (TPSA) is 76.2 Å². The lowest BCUT2D eigenvalue weighted by molar-refractivity contribution is -0.201. The Kier molecular flexibility index (Phi) is 6.45. The molecule has 2 heterocycles. The molecule has 2 aromatic rings. The van der Waals surface area contributed by atoms with Crippen molar-refractivity contribution in [1.82, 2.24) is 9.80 Å². The summed E-state index contributed by atoms with van der Waals surface area (Å²) in [5.41, 5.74) is -1.65. The van der Waals surface area contributed by atoms with Gasteiger partial charge in [-0.3, -0.25) is 9.69 Å². The van der Waals surface area contributed by atoms with Crippen molar-refractivity contribution < 1.29 is 23.9 Å². The van der Waals surface area contributed by atoms with Crippen molar-refractivity contribution in [3.63, 3.8) is 0 Å². The van der Waals surface area contributed by atoms with Crippen molar-refractivity contribution in [2.75, 3.05) is 6.61 Å². The van der Waals surface area contributed by atoms with Crippen LogP contribution in [0, 0.1) is 0 Å². The van der Waals surface area contributed by atoms with Crippen LogP contribution in [0.25, 0.3) is 0 Å². The summed E-state index contributed by atoms with van der Waals surface area (Å²) in [6.07, 6.45) is 1.26. The van der Waals surface area contributed by atoms with E-state index in [1.807, 2.05) is 60.7 Å². The Morgan fingerprint density at radius 1 is 1.06 bits per heavy atom. The van der Waals surface area contributed by atoms with Gasteiger partial charge < -0.3 is 14.4 Å². The number of amides is 2. The van der Waals surface area contributed by atoms with Crippen LogP contribution in [0.2, 0.25) is 0 Å². The standard InChI is InChI=1S/C29H34N2O5/c1-7-18-28(5,25(33)36-27(2,3)4)31-23(21-16-12-9-13-17-21)29(6,24(31)32)30-22(19-35-26(30)34)20-14-10-8-11-15-20/h7-17,22-23H,1,18-19H2,2-6H3/t22-,23-,28-,29-/m1/s1. The molecule has 0 radical (unpaired) electrons. The largest absolute Gasteiger partial charge is 0.458 e. The molecule has 0 N–H and O–H groups in total. The van der Waals surface area contributed by atoms with Gasteiger partial charge in [-0.25, -0.2) is 9.59 Å². The fourth-order valence-corrected chi connectivity index (χ4v) is 5.32. The number of β-lactam (4-membered cyclic amide) rings is 1. The molecule has 190 valence electrons. The molecule has 36 heavy (non-hydrogen) atoms. The van der Waals surface area contributed by atoms with E-state index in [-0.39, 0.29) is 18.9 Å². The zero-order valence-corrected chi connectivity index (χ0v) is 21.6. The van der Waals surface area contributed by atoms with Gasteiger partial charge in [0.1, 0.15) is 23.3 Å². The van der Waals surface area contributed by atoms with E-state index < -0.39 is 40.8 Å².